The van der Waals surface area contributed by atoms with E-state index in [1.807, 2.05) is 17.0 Å². The van der Waals surface area contributed by atoms with Crippen molar-refractivity contribution in [3.8, 4) is 0 Å². The molecule has 1 atom stereocenters. The third-order valence-corrected chi connectivity index (χ3v) is 6.36. The molecule has 3 heterocycles. The van der Waals surface area contributed by atoms with Gasteiger partial charge in [0, 0.05) is 50.0 Å². The second-order valence-electron chi connectivity index (χ2n) is 8.48. The summed E-state index contributed by atoms with van der Waals surface area (Å²) in [4.78, 5) is 19.9. The molecule has 1 fully saturated rings. The summed E-state index contributed by atoms with van der Waals surface area (Å²) in [5, 5.41) is 4.82. The van der Waals surface area contributed by atoms with E-state index < -0.39 is 0 Å². The Hall–Kier alpha value is -2.12. The maximum Gasteiger partial charge on any atom is 0.274 e. The highest BCUT2D eigenvalue weighted by atomic mass is 16.3. The van der Waals surface area contributed by atoms with Crippen molar-refractivity contribution in [2.45, 2.75) is 51.7 Å². The monoisotopic (exact) mass is 399 g/mol. The van der Waals surface area contributed by atoms with Crippen LogP contribution >= 0.6 is 0 Å². The third kappa shape index (κ3) is 4.26. The van der Waals surface area contributed by atoms with Crippen LogP contribution in [0.3, 0.4) is 0 Å². The number of carbonyl (C=O) groups excluding carboxylic acids is 1. The van der Waals surface area contributed by atoms with Crippen molar-refractivity contribution in [2.24, 2.45) is 0 Å². The Bertz CT molecular complexity index is 821. The first-order valence-electron chi connectivity index (χ1n) is 10.9. The molecule has 1 amide bonds. The fourth-order valence-corrected chi connectivity index (χ4v) is 4.55. The molecule has 158 valence electrons. The number of piperazine rings is 1. The average Bonchev–Trinajstić information content (AvgIpc) is 3.36. The molecule has 0 spiro atoms. The molecular weight excluding hydrogens is 366 g/mol. The molecule has 0 unspecified atom stereocenters. The third-order valence-electron chi connectivity index (χ3n) is 6.36. The maximum atomic E-state index is 13.3. The summed E-state index contributed by atoms with van der Waals surface area (Å²) in [6.07, 6.45) is 5.69. The van der Waals surface area contributed by atoms with Crippen molar-refractivity contribution in [1.29, 1.82) is 0 Å². The van der Waals surface area contributed by atoms with Gasteiger partial charge >= 0.3 is 0 Å². The van der Waals surface area contributed by atoms with E-state index in [1.54, 1.807) is 6.26 Å². The molecule has 7 heteroatoms. The van der Waals surface area contributed by atoms with Crippen LogP contribution < -0.4 is 0 Å². The minimum Gasteiger partial charge on any atom is -0.468 e. The molecule has 0 radical (unpaired) electrons. The second-order valence-corrected chi connectivity index (χ2v) is 8.48. The van der Waals surface area contributed by atoms with Gasteiger partial charge in [-0.25, -0.2) is 0 Å². The van der Waals surface area contributed by atoms with E-state index in [0.717, 1.165) is 70.7 Å². The molecular formula is C22H33N5O2. The lowest BCUT2D eigenvalue weighted by atomic mass is 9.90. The van der Waals surface area contributed by atoms with Gasteiger partial charge in [-0.2, -0.15) is 5.10 Å². The summed E-state index contributed by atoms with van der Waals surface area (Å²) < 4.78 is 7.63. The molecule has 2 aliphatic rings. The first-order chi connectivity index (χ1) is 14.1. The van der Waals surface area contributed by atoms with Gasteiger partial charge in [0.1, 0.15) is 5.76 Å². The maximum absolute atomic E-state index is 13.3. The number of furan rings is 1. The Morgan fingerprint density at radius 2 is 2.10 bits per heavy atom. The summed E-state index contributed by atoms with van der Waals surface area (Å²) in [6.45, 7) is 7.26. The number of carbonyl (C=O) groups is 1. The van der Waals surface area contributed by atoms with E-state index in [0.29, 0.717) is 11.7 Å². The van der Waals surface area contributed by atoms with Crippen molar-refractivity contribution in [3.05, 3.63) is 41.1 Å². The van der Waals surface area contributed by atoms with Crippen molar-refractivity contribution in [3.63, 3.8) is 0 Å². The standard InChI is InChI=1S/C22H33N5O2/c1-4-9-27-20-8-7-17(25(3)16-18-6-5-14-29-18)15-19(20)21(23-27)22(28)26-12-10-24(2)11-13-26/h5-6,14,17H,4,7-13,15-16H2,1-3H3/t17-/m1/s1. The number of amides is 1. The van der Waals surface area contributed by atoms with Crippen molar-refractivity contribution in [2.75, 3.05) is 40.3 Å². The number of hydrogen-bond donors (Lipinski definition) is 0. The van der Waals surface area contributed by atoms with Crippen LogP contribution in [0, 0.1) is 0 Å². The van der Waals surface area contributed by atoms with Crippen LogP contribution in [0.4, 0.5) is 0 Å². The smallest absolute Gasteiger partial charge is 0.274 e. The summed E-state index contributed by atoms with van der Waals surface area (Å²) >= 11 is 0. The Morgan fingerprint density at radius 3 is 2.79 bits per heavy atom. The summed E-state index contributed by atoms with van der Waals surface area (Å²) in [6, 6.07) is 4.35. The SMILES string of the molecule is CCCn1nc(C(=O)N2CCN(C)CC2)c2c1CC[C@@H](N(C)Cc1ccco1)C2. The van der Waals surface area contributed by atoms with Gasteiger partial charge in [0.25, 0.3) is 5.91 Å². The number of likely N-dealkylation sites (N-methyl/N-ethyl adjacent to an activating group) is 2. The van der Waals surface area contributed by atoms with E-state index in [9.17, 15) is 4.79 Å². The van der Waals surface area contributed by atoms with Gasteiger partial charge in [-0.15, -0.1) is 0 Å². The number of aromatic nitrogens is 2. The molecule has 0 N–H and O–H groups in total. The molecule has 1 aliphatic carbocycles. The van der Waals surface area contributed by atoms with Crippen LogP contribution in [0.15, 0.2) is 22.8 Å². The van der Waals surface area contributed by atoms with Crippen molar-refractivity contribution >= 4 is 5.91 Å². The first kappa shape index (κ1) is 20.2. The molecule has 1 saturated heterocycles. The quantitative estimate of drug-likeness (QED) is 0.746. The molecule has 0 bridgehead atoms. The number of aryl methyl sites for hydroxylation is 1. The number of hydrogen-bond acceptors (Lipinski definition) is 5. The van der Waals surface area contributed by atoms with Gasteiger partial charge in [-0.1, -0.05) is 6.92 Å². The first-order valence-corrected chi connectivity index (χ1v) is 10.9. The van der Waals surface area contributed by atoms with E-state index >= 15 is 0 Å². The lowest BCUT2D eigenvalue weighted by molar-refractivity contribution is 0.0655. The molecule has 2 aromatic heterocycles. The molecule has 0 aromatic carbocycles. The number of nitrogens with zero attached hydrogens (tertiary/aromatic N) is 5. The molecule has 4 rings (SSSR count). The van der Waals surface area contributed by atoms with Crippen LogP contribution in [-0.2, 0) is 25.9 Å². The van der Waals surface area contributed by atoms with E-state index in [-0.39, 0.29) is 5.91 Å². The van der Waals surface area contributed by atoms with Gasteiger partial charge < -0.3 is 14.2 Å². The summed E-state index contributed by atoms with van der Waals surface area (Å²) in [5.41, 5.74) is 3.13. The number of rotatable bonds is 6. The summed E-state index contributed by atoms with van der Waals surface area (Å²) in [5.74, 6) is 1.09. The lowest BCUT2D eigenvalue weighted by Gasteiger charge is -2.33. The Labute approximate surface area is 173 Å². The topological polar surface area (TPSA) is 57.8 Å². The predicted octanol–water partition coefficient (Wildman–Crippen LogP) is 2.26. The van der Waals surface area contributed by atoms with E-state index in [2.05, 4.69) is 35.5 Å². The fourth-order valence-electron chi connectivity index (χ4n) is 4.55. The molecule has 0 saturated carbocycles. The van der Waals surface area contributed by atoms with Crippen LogP contribution in [0.25, 0.3) is 0 Å². The van der Waals surface area contributed by atoms with Crippen LogP contribution in [0.5, 0.6) is 0 Å². The van der Waals surface area contributed by atoms with Crippen LogP contribution in [-0.4, -0.2) is 76.7 Å². The molecule has 29 heavy (non-hydrogen) atoms. The van der Waals surface area contributed by atoms with Gasteiger partial charge in [0.2, 0.25) is 0 Å². The largest absolute Gasteiger partial charge is 0.468 e. The van der Waals surface area contributed by atoms with Crippen LogP contribution in [0.1, 0.15) is 47.3 Å². The second kappa shape index (κ2) is 8.71. The molecule has 1 aliphatic heterocycles. The van der Waals surface area contributed by atoms with Crippen molar-refractivity contribution in [1.82, 2.24) is 24.5 Å². The average molecular weight is 400 g/mol. The summed E-state index contributed by atoms with van der Waals surface area (Å²) in [7, 11) is 4.26. The van der Waals surface area contributed by atoms with Gasteiger partial charge in [-0.3, -0.25) is 14.4 Å². The molecule has 2 aromatic rings. The van der Waals surface area contributed by atoms with Gasteiger partial charge in [-0.05, 0) is 51.9 Å². The van der Waals surface area contributed by atoms with Crippen molar-refractivity contribution < 1.29 is 9.21 Å². The van der Waals surface area contributed by atoms with Gasteiger partial charge in [0.05, 0.1) is 12.8 Å². The zero-order valence-electron chi connectivity index (χ0n) is 17.9. The molecule has 7 nitrogen and oxygen atoms in total. The predicted molar refractivity (Wildman–Crippen MR) is 112 cm³/mol. The zero-order chi connectivity index (χ0) is 20.4. The van der Waals surface area contributed by atoms with E-state index in [1.165, 1.54) is 11.3 Å². The zero-order valence-corrected chi connectivity index (χ0v) is 17.9. The van der Waals surface area contributed by atoms with Gasteiger partial charge in [0.15, 0.2) is 5.69 Å². The fraction of sp³-hybridized carbons (Fsp3) is 0.636. The minimum absolute atomic E-state index is 0.110. The normalized spacial score (nSPS) is 20.3. The minimum atomic E-state index is 0.110. The van der Waals surface area contributed by atoms with E-state index in [4.69, 9.17) is 9.52 Å². The Balaban J connectivity index is 1.55. The number of fused-ring (bicyclic) bond motifs is 1. The highest BCUT2D eigenvalue weighted by Gasteiger charge is 2.33. The lowest BCUT2D eigenvalue weighted by Crippen LogP contribution is -2.47. The highest BCUT2D eigenvalue weighted by Crippen LogP contribution is 2.29. The Morgan fingerprint density at radius 1 is 1.31 bits per heavy atom. The van der Waals surface area contributed by atoms with Crippen LogP contribution in [0.2, 0.25) is 0 Å². The Kier molecular flexibility index (Phi) is 6.06. The highest BCUT2D eigenvalue weighted by molar-refractivity contribution is 5.94.